The summed E-state index contributed by atoms with van der Waals surface area (Å²) in [4.78, 5) is 25.3. The fourth-order valence-electron chi connectivity index (χ4n) is 2.38. The molecule has 0 radical (unpaired) electrons. The van der Waals surface area contributed by atoms with Crippen molar-refractivity contribution >= 4 is 35.2 Å². The second-order valence-electron chi connectivity index (χ2n) is 5.69. The van der Waals surface area contributed by atoms with Gasteiger partial charge in [-0.1, -0.05) is 23.7 Å². The predicted molar refractivity (Wildman–Crippen MR) is 107 cm³/mol. The molecule has 142 valence electrons. The van der Waals surface area contributed by atoms with Gasteiger partial charge in [-0.3, -0.25) is 9.59 Å². The van der Waals surface area contributed by atoms with Gasteiger partial charge >= 0.3 is 0 Å². The lowest BCUT2D eigenvalue weighted by Crippen LogP contribution is -2.30. The molecular weight excluding hydrogens is 380 g/mol. The quantitative estimate of drug-likeness (QED) is 0.607. The van der Waals surface area contributed by atoms with Crippen molar-refractivity contribution in [2.24, 2.45) is 0 Å². The maximum Gasteiger partial charge on any atom is 0.272 e. The normalized spacial score (nSPS) is 11.0. The van der Waals surface area contributed by atoms with Crippen molar-refractivity contribution in [2.45, 2.75) is 0 Å². The van der Waals surface area contributed by atoms with Crippen LogP contribution < -0.4 is 15.4 Å². The zero-order valence-electron chi connectivity index (χ0n) is 14.9. The molecule has 3 aromatic rings. The number of carbonyl (C=O) groups excluding carboxylic acids is 2. The first-order valence-electron chi connectivity index (χ1n) is 8.33. The topological polar surface area (TPSA) is 80.6 Å². The van der Waals surface area contributed by atoms with Crippen LogP contribution in [0, 0.1) is 0 Å². The smallest absolute Gasteiger partial charge is 0.272 e. The van der Waals surface area contributed by atoms with Crippen LogP contribution in [0.15, 0.2) is 77.0 Å². The van der Waals surface area contributed by atoms with E-state index < -0.39 is 11.8 Å². The summed E-state index contributed by atoms with van der Waals surface area (Å²) >= 11 is 6.07. The van der Waals surface area contributed by atoms with Crippen molar-refractivity contribution in [2.75, 3.05) is 12.4 Å². The van der Waals surface area contributed by atoms with Gasteiger partial charge < -0.3 is 19.8 Å². The van der Waals surface area contributed by atoms with Crippen molar-refractivity contribution < 1.29 is 18.7 Å². The Morgan fingerprint density at radius 1 is 1.04 bits per heavy atom. The number of anilines is 1. The van der Waals surface area contributed by atoms with E-state index in [2.05, 4.69) is 10.6 Å². The number of benzene rings is 2. The number of amides is 2. The van der Waals surface area contributed by atoms with E-state index in [1.165, 1.54) is 12.3 Å². The standard InChI is InChI=1S/C21H17ClN2O4/c1-27-15-10-8-14(9-11-15)23-21(26)19(13-16-5-4-12-28-16)24-20(25)17-6-2-3-7-18(17)22/h2-13H,1H3,(H,23,26)(H,24,25)/b19-13+. The molecule has 28 heavy (non-hydrogen) atoms. The first-order chi connectivity index (χ1) is 13.6. The summed E-state index contributed by atoms with van der Waals surface area (Å²) in [6, 6.07) is 16.7. The molecule has 0 fully saturated rings. The van der Waals surface area contributed by atoms with E-state index in [4.69, 9.17) is 20.8 Å². The molecule has 0 spiro atoms. The number of hydrogen-bond acceptors (Lipinski definition) is 4. The second-order valence-corrected chi connectivity index (χ2v) is 6.10. The number of ether oxygens (including phenoxy) is 1. The van der Waals surface area contributed by atoms with Crippen molar-refractivity contribution in [3.8, 4) is 5.75 Å². The highest BCUT2D eigenvalue weighted by atomic mass is 35.5. The molecule has 0 bridgehead atoms. The number of halogens is 1. The monoisotopic (exact) mass is 396 g/mol. The molecule has 0 saturated carbocycles. The summed E-state index contributed by atoms with van der Waals surface area (Å²) in [5, 5.41) is 5.61. The fraction of sp³-hybridized carbons (Fsp3) is 0.0476. The van der Waals surface area contributed by atoms with Gasteiger partial charge in [-0.25, -0.2) is 0 Å². The van der Waals surface area contributed by atoms with Gasteiger partial charge in [0.05, 0.1) is 24.0 Å². The van der Waals surface area contributed by atoms with Crippen molar-refractivity contribution in [1.82, 2.24) is 5.32 Å². The lowest BCUT2D eigenvalue weighted by atomic mass is 10.2. The van der Waals surface area contributed by atoms with Crippen LogP contribution in [0.1, 0.15) is 16.1 Å². The second kappa shape index (κ2) is 8.92. The molecule has 6 nitrogen and oxygen atoms in total. The van der Waals surface area contributed by atoms with Gasteiger partial charge in [-0.15, -0.1) is 0 Å². The number of nitrogens with one attached hydrogen (secondary N) is 2. The van der Waals surface area contributed by atoms with Crippen molar-refractivity contribution in [3.63, 3.8) is 0 Å². The molecule has 2 aromatic carbocycles. The third-order valence-corrected chi connectivity index (χ3v) is 4.12. The molecule has 0 aliphatic heterocycles. The van der Waals surface area contributed by atoms with Crippen LogP contribution in [0.3, 0.4) is 0 Å². The number of hydrogen-bond donors (Lipinski definition) is 2. The largest absolute Gasteiger partial charge is 0.497 e. The minimum absolute atomic E-state index is 0.00990. The molecule has 0 aliphatic rings. The van der Waals surface area contributed by atoms with E-state index in [1.54, 1.807) is 67.8 Å². The zero-order valence-corrected chi connectivity index (χ0v) is 15.7. The minimum atomic E-state index is -0.512. The maximum atomic E-state index is 12.7. The van der Waals surface area contributed by atoms with E-state index in [0.717, 1.165) is 0 Å². The Kier molecular flexibility index (Phi) is 6.14. The molecule has 3 rings (SSSR count). The highest BCUT2D eigenvalue weighted by Gasteiger charge is 2.17. The lowest BCUT2D eigenvalue weighted by molar-refractivity contribution is -0.113. The molecule has 7 heteroatoms. The van der Waals surface area contributed by atoms with Gasteiger partial charge in [-0.2, -0.15) is 0 Å². The van der Waals surface area contributed by atoms with Gasteiger partial charge in [0.25, 0.3) is 11.8 Å². The predicted octanol–water partition coefficient (Wildman–Crippen LogP) is 4.35. The van der Waals surface area contributed by atoms with Crippen LogP contribution in [0.2, 0.25) is 5.02 Å². The van der Waals surface area contributed by atoms with E-state index in [0.29, 0.717) is 17.2 Å². The summed E-state index contributed by atoms with van der Waals surface area (Å²) < 4.78 is 10.4. The number of methoxy groups -OCH3 is 1. The first-order valence-corrected chi connectivity index (χ1v) is 8.71. The summed E-state index contributed by atoms with van der Waals surface area (Å²) in [5.41, 5.74) is 0.811. The Labute approximate surface area is 166 Å². The van der Waals surface area contributed by atoms with Gasteiger partial charge in [0.2, 0.25) is 0 Å². The third kappa shape index (κ3) is 4.81. The average Bonchev–Trinajstić information content (AvgIpc) is 3.21. The van der Waals surface area contributed by atoms with E-state index >= 15 is 0 Å². The molecule has 1 aromatic heterocycles. The van der Waals surface area contributed by atoms with E-state index in [-0.39, 0.29) is 16.3 Å². The Balaban J connectivity index is 1.83. The van der Waals surface area contributed by atoms with Gasteiger partial charge in [0, 0.05) is 11.8 Å². The summed E-state index contributed by atoms with van der Waals surface area (Å²) in [7, 11) is 1.56. The Bertz CT molecular complexity index is 996. The SMILES string of the molecule is COc1ccc(NC(=O)/C(=C\c2ccco2)NC(=O)c2ccccc2Cl)cc1. The van der Waals surface area contributed by atoms with Crippen LogP contribution in [0.4, 0.5) is 5.69 Å². The van der Waals surface area contributed by atoms with Crippen LogP contribution in [0.5, 0.6) is 5.75 Å². The summed E-state index contributed by atoms with van der Waals surface area (Å²) in [5.74, 6) is 0.0611. The molecule has 0 atom stereocenters. The van der Waals surface area contributed by atoms with E-state index in [1.807, 2.05) is 0 Å². The highest BCUT2D eigenvalue weighted by molar-refractivity contribution is 6.34. The summed E-state index contributed by atoms with van der Waals surface area (Å²) in [6.45, 7) is 0. The number of rotatable bonds is 6. The molecule has 2 amide bonds. The van der Waals surface area contributed by atoms with Crippen molar-refractivity contribution in [3.05, 3.63) is 89.0 Å². The molecule has 2 N–H and O–H groups in total. The maximum absolute atomic E-state index is 12.7. The van der Waals surface area contributed by atoms with Crippen molar-refractivity contribution in [1.29, 1.82) is 0 Å². The zero-order chi connectivity index (χ0) is 19.9. The fourth-order valence-corrected chi connectivity index (χ4v) is 2.60. The van der Waals surface area contributed by atoms with Crippen LogP contribution >= 0.6 is 11.6 Å². The molecule has 1 heterocycles. The molecule has 0 saturated heterocycles. The average molecular weight is 397 g/mol. The van der Waals surface area contributed by atoms with Gasteiger partial charge in [-0.05, 0) is 48.5 Å². The van der Waals surface area contributed by atoms with Crippen LogP contribution in [-0.2, 0) is 4.79 Å². The van der Waals surface area contributed by atoms with Gasteiger partial charge in [0.1, 0.15) is 17.2 Å². The van der Waals surface area contributed by atoms with Crippen LogP contribution in [-0.4, -0.2) is 18.9 Å². The Morgan fingerprint density at radius 3 is 2.43 bits per heavy atom. The highest BCUT2D eigenvalue weighted by Crippen LogP contribution is 2.18. The Hall–Kier alpha value is -3.51. The summed E-state index contributed by atoms with van der Waals surface area (Å²) in [6.07, 6.45) is 2.91. The third-order valence-electron chi connectivity index (χ3n) is 3.79. The lowest BCUT2D eigenvalue weighted by Gasteiger charge is -2.12. The Morgan fingerprint density at radius 2 is 1.79 bits per heavy atom. The first kappa shape index (κ1) is 19.3. The minimum Gasteiger partial charge on any atom is -0.497 e. The van der Waals surface area contributed by atoms with E-state index in [9.17, 15) is 9.59 Å². The molecular formula is C21H17ClN2O4. The van der Waals surface area contributed by atoms with Crippen LogP contribution in [0.25, 0.3) is 6.08 Å². The molecule has 0 unspecified atom stereocenters. The molecule has 0 aliphatic carbocycles. The number of carbonyl (C=O) groups is 2. The number of furan rings is 1. The van der Waals surface area contributed by atoms with Gasteiger partial charge in [0.15, 0.2) is 0 Å².